The monoisotopic (exact) mass is 423 g/mol. The van der Waals surface area contributed by atoms with Gasteiger partial charge in [-0.1, -0.05) is 42.5 Å². The molecule has 0 unspecified atom stereocenters. The molecule has 0 aliphatic carbocycles. The summed E-state index contributed by atoms with van der Waals surface area (Å²) in [6.07, 6.45) is 0. The summed E-state index contributed by atoms with van der Waals surface area (Å²) >= 11 is 0. The van der Waals surface area contributed by atoms with Crippen LogP contribution in [-0.2, 0) is 10.0 Å². The summed E-state index contributed by atoms with van der Waals surface area (Å²) in [5, 5.41) is 2.03. The van der Waals surface area contributed by atoms with Crippen LogP contribution in [-0.4, -0.2) is 22.6 Å². The molecule has 3 aromatic carbocycles. The SMILES string of the molecule is Cc1ccccc1-c1nc2ccc3c(c(F)[nH]n3S(=O)(=O)c3ccccc3)c2c1F. The highest BCUT2D eigenvalue weighted by Crippen LogP contribution is 2.36. The van der Waals surface area contributed by atoms with Crippen LogP contribution in [0.1, 0.15) is 5.56 Å². The number of benzene rings is 3. The average molecular weight is 423 g/mol. The molecule has 0 saturated carbocycles. The molecule has 0 saturated heterocycles. The van der Waals surface area contributed by atoms with Crippen LogP contribution < -0.4 is 0 Å². The van der Waals surface area contributed by atoms with E-state index in [-0.39, 0.29) is 32.4 Å². The Labute approximate surface area is 170 Å². The maximum Gasteiger partial charge on any atom is 0.281 e. The molecular weight excluding hydrogens is 408 g/mol. The lowest BCUT2D eigenvalue weighted by atomic mass is 10.0. The van der Waals surface area contributed by atoms with Crippen LogP contribution in [0, 0.1) is 18.7 Å². The minimum Gasteiger partial charge on any atom is -0.258 e. The molecule has 5 rings (SSSR count). The van der Waals surface area contributed by atoms with Crippen LogP contribution in [0.4, 0.5) is 8.78 Å². The second-order valence-electron chi connectivity index (χ2n) is 6.95. The first-order valence-electron chi connectivity index (χ1n) is 9.14. The van der Waals surface area contributed by atoms with Gasteiger partial charge in [-0.3, -0.25) is 5.10 Å². The van der Waals surface area contributed by atoms with E-state index in [0.717, 1.165) is 9.65 Å². The highest BCUT2D eigenvalue weighted by atomic mass is 32.2. The molecule has 30 heavy (non-hydrogen) atoms. The summed E-state index contributed by atoms with van der Waals surface area (Å²) in [6, 6.07) is 17.7. The summed E-state index contributed by atoms with van der Waals surface area (Å²) in [6.45, 7) is 1.83. The van der Waals surface area contributed by atoms with Gasteiger partial charge < -0.3 is 0 Å². The molecule has 0 aliphatic rings. The first kappa shape index (κ1) is 18.5. The maximum absolute atomic E-state index is 15.4. The van der Waals surface area contributed by atoms with Crippen molar-refractivity contribution >= 4 is 31.8 Å². The van der Waals surface area contributed by atoms with E-state index in [2.05, 4.69) is 10.1 Å². The normalized spacial score (nSPS) is 12.1. The fraction of sp³-hybridized carbons (Fsp3) is 0.0455. The van der Waals surface area contributed by atoms with Crippen LogP contribution in [0.15, 0.2) is 71.6 Å². The van der Waals surface area contributed by atoms with Crippen LogP contribution in [0.5, 0.6) is 0 Å². The van der Waals surface area contributed by atoms with Crippen molar-refractivity contribution in [3.05, 3.63) is 84.1 Å². The molecule has 5 aromatic rings. The molecule has 0 amide bonds. The molecule has 2 aromatic heterocycles. The zero-order chi connectivity index (χ0) is 21.0. The van der Waals surface area contributed by atoms with Crippen molar-refractivity contribution in [3.63, 3.8) is 0 Å². The Morgan fingerprint density at radius 1 is 0.900 bits per heavy atom. The van der Waals surface area contributed by atoms with Gasteiger partial charge in [-0.2, -0.15) is 16.9 Å². The van der Waals surface area contributed by atoms with Gasteiger partial charge in [0.2, 0.25) is 5.95 Å². The molecule has 0 atom stereocenters. The van der Waals surface area contributed by atoms with E-state index in [9.17, 15) is 12.8 Å². The Morgan fingerprint density at radius 3 is 2.33 bits per heavy atom. The summed E-state index contributed by atoms with van der Waals surface area (Å²) in [5.74, 6) is -1.63. The van der Waals surface area contributed by atoms with E-state index < -0.39 is 21.8 Å². The number of halogens is 2. The van der Waals surface area contributed by atoms with Crippen molar-refractivity contribution in [1.82, 2.24) is 14.2 Å². The first-order chi connectivity index (χ1) is 14.4. The predicted octanol–water partition coefficient (Wildman–Crippen LogP) is 5.01. The number of hydrogen-bond donors (Lipinski definition) is 1. The number of aromatic nitrogens is 3. The third-order valence-corrected chi connectivity index (χ3v) is 6.78. The van der Waals surface area contributed by atoms with Gasteiger partial charge in [0.1, 0.15) is 5.69 Å². The third-order valence-electron chi connectivity index (χ3n) is 5.14. The summed E-state index contributed by atoms with van der Waals surface area (Å²) in [4.78, 5) is 4.34. The molecule has 0 bridgehead atoms. The quantitative estimate of drug-likeness (QED) is 0.444. The Kier molecular flexibility index (Phi) is 4.01. The summed E-state index contributed by atoms with van der Waals surface area (Å²) in [5.41, 5.74) is 1.78. The topological polar surface area (TPSA) is 67.8 Å². The summed E-state index contributed by atoms with van der Waals surface area (Å²) < 4.78 is 57.1. The smallest absolute Gasteiger partial charge is 0.258 e. The largest absolute Gasteiger partial charge is 0.281 e. The summed E-state index contributed by atoms with van der Waals surface area (Å²) in [7, 11) is -4.10. The van der Waals surface area contributed by atoms with E-state index in [1.165, 1.54) is 24.3 Å². The Balaban J connectivity index is 1.82. The number of rotatable bonds is 3. The van der Waals surface area contributed by atoms with E-state index in [1.54, 1.807) is 30.3 Å². The van der Waals surface area contributed by atoms with Gasteiger partial charge in [0.05, 0.1) is 26.7 Å². The standard InChI is InChI=1S/C22H15F2N3O2S/c1-13-7-5-6-10-15(13)21-20(23)18-16(25-21)11-12-17-19(18)22(24)26-27(17)30(28,29)14-8-3-2-4-9-14/h2-12,26H,1H3. The molecule has 2 heterocycles. The van der Waals surface area contributed by atoms with Crippen molar-refractivity contribution in [2.24, 2.45) is 0 Å². The highest BCUT2D eigenvalue weighted by Gasteiger charge is 2.26. The molecule has 0 aliphatic heterocycles. The minimum absolute atomic E-state index is 0.00601. The lowest BCUT2D eigenvalue weighted by molar-refractivity contribution is 0.556. The maximum atomic E-state index is 15.4. The fourth-order valence-corrected chi connectivity index (χ4v) is 5.01. The Hall–Kier alpha value is -3.52. The van der Waals surface area contributed by atoms with Crippen molar-refractivity contribution < 1.29 is 17.2 Å². The van der Waals surface area contributed by atoms with Crippen molar-refractivity contribution in [2.45, 2.75) is 11.8 Å². The molecule has 1 N–H and O–H groups in total. The molecular formula is C22H15F2N3O2S. The number of nitrogens with one attached hydrogen (secondary N) is 1. The lowest BCUT2D eigenvalue weighted by Gasteiger charge is -2.06. The molecule has 8 heteroatoms. The minimum atomic E-state index is -4.10. The molecule has 150 valence electrons. The van der Waals surface area contributed by atoms with E-state index in [4.69, 9.17) is 0 Å². The van der Waals surface area contributed by atoms with Gasteiger partial charge in [-0.25, -0.2) is 9.37 Å². The number of hydrogen-bond acceptors (Lipinski definition) is 3. The van der Waals surface area contributed by atoms with Crippen molar-refractivity contribution in [3.8, 4) is 11.3 Å². The van der Waals surface area contributed by atoms with Crippen molar-refractivity contribution in [1.29, 1.82) is 0 Å². The van der Waals surface area contributed by atoms with Crippen LogP contribution in [0.25, 0.3) is 33.1 Å². The van der Waals surface area contributed by atoms with Gasteiger partial charge in [0.15, 0.2) is 5.82 Å². The highest BCUT2D eigenvalue weighted by molar-refractivity contribution is 7.90. The van der Waals surface area contributed by atoms with Crippen molar-refractivity contribution in [2.75, 3.05) is 0 Å². The average Bonchev–Trinajstić information content (AvgIpc) is 3.26. The number of aryl methyl sites for hydroxylation is 1. The third kappa shape index (κ3) is 2.57. The molecule has 0 radical (unpaired) electrons. The number of H-pyrrole nitrogens is 1. The van der Waals surface area contributed by atoms with Crippen LogP contribution >= 0.6 is 0 Å². The van der Waals surface area contributed by atoms with Gasteiger partial charge in [0.25, 0.3) is 10.0 Å². The molecule has 0 fully saturated rings. The van der Waals surface area contributed by atoms with Gasteiger partial charge in [0, 0.05) is 5.56 Å². The number of fused-ring (bicyclic) bond motifs is 3. The van der Waals surface area contributed by atoms with E-state index in [1.807, 2.05) is 19.1 Å². The zero-order valence-corrected chi connectivity index (χ0v) is 16.5. The second kappa shape index (κ2) is 6.50. The fourth-order valence-electron chi connectivity index (χ4n) is 3.69. The van der Waals surface area contributed by atoms with Gasteiger partial charge >= 0.3 is 0 Å². The Morgan fingerprint density at radius 2 is 1.60 bits per heavy atom. The van der Waals surface area contributed by atoms with Crippen LogP contribution in [0.3, 0.4) is 0 Å². The van der Waals surface area contributed by atoms with Gasteiger partial charge in [-0.05, 0) is 36.8 Å². The van der Waals surface area contributed by atoms with Crippen LogP contribution in [0.2, 0.25) is 0 Å². The van der Waals surface area contributed by atoms with E-state index in [0.29, 0.717) is 5.56 Å². The van der Waals surface area contributed by atoms with E-state index >= 15 is 4.39 Å². The second-order valence-corrected chi connectivity index (χ2v) is 8.74. The predicted molar refractivity (Wildman–Crippen MR) is 111 cm³/mol. The molecule has 5 nitrogen and oxygen atoms in total. The number of nitrogens with zero attached hydrogens (tertiary/aromatic N) is 2. The lowest BCUT2D eigenvalue weighted by Crippen LogP contribution is -2.14. The Bertz CT molecular complexity index is 1540. The first-order valence-corrected chi connectivity index (χ1v) is 10.6. The zero-order valence-electron chi connectivity index (χ0n) is 15.7. The van der Waals surface area contributed by atoms with Gasteiger partial charge in [-0.15, -0.1) is 0 Å². The number of aromatic amines is 1. The molecule has 0 spiro atoms.